The summed E-state index contributed by atoms with van der Waals surface area (Å²) in [6.07, 6.45) is 3.48. The summed E-state index contributed by atoms with van der Waals surface area (Å²) in [5.74, 6) is 0.637. The number of pyridine rings is 1. The summed E-state index contributed by atoms with van der Waals surface area (Å²) in [5.41, 5.74) is 7.81. The molecule has 4 heteroatoms. The van der Waals surface area contributed by atoms with Gasteiger partial charge < -0.3 is 5.73 Å². The third-order valence-corrected chi connectivity index (χ3v) is 2.40. The minimum atomic E-state index is 0.00157. The maximum absolute atomic E-state index is 5.94. The van der Waals surface area contributed by atoms with Gasteiger partial charge in [-0.2, -0.15) is 5.10 Å². The smallest absolute Gasteiger partial charge is 0.127 e. The van der Waals surface area contributed by atoms with Gasteiger partial charge in [0.25, 0.3) is 0 Å². The highest BCUT2D eigenvalue weighted by Gasteiger charge is 2.19. The molecular formula is C12H16N4. The third kappa shape index (κ3) is 1.91. The molecule has 0 saturated carbocycles. The third-order valence-electron chi connectivity index (χ3n) is 2.40. The van der Waals surface area contributed by atoms with Crippen molar-refractivity contribution >= 4 is 5.82 Å². The summed E-state index contributed by atoms with van der Waals surface area (Å²) < 4.78 is 1.72. The van der Waals surface area contributed by atoms with E-state index in [0.717, 1.165) is 11.4 Å². The van der Waals surface area contributed by atoms with Crippen molar-refractivity contribution in [3.05, 3.63) is 36.3 Å². The molecular weight excluding hydrogens is 200 g/mol. The Labute approximate surface area is 95.1 Å². The van der Waals surface area contributed by atoms with Gasteiger partial charge in [-0.05, 0) is 12.1 Å². The molecule has 0 aromatic carbocycles. The Morgan fingerprint density at radius 3 is 2.56 bits per heavy atom. The Kier molecular flexibility index (Phi) is 2.42. The molecule has 16 heavy (non-hydrogen) atoms. The van der Waals surface area contributed by atoms with Crippen molar-refractivity contribution < 1.29 is 0 Å². The molecule has 84 valence electrons. The molecule has 2 aromatic rings. The summed E-state index contributed by atoms with van der Waals surface area (Å²) >= 11 is 0. The van der Waals surface area contributed by atoms with Crippen LogP contribution in [0.15, 0.2) is 30.6 Å². The molecule has 0 bridgehead atoms. The molecule has 2 aromatic heterocycles. The van der Waals surface area contributed by atoms with E-state index in [-0.39, 0.29) is 5.41 Å². The first-order chi connectivity index (χ1) is 7.48. The summed E-state index contributed by atoms with van der Waals surface area (Å²) in [6.45, 7) is 6.34. The van der Waals surface area contributed by atoms with Gasteiger partial charge >= 0.3 is 0 Å². The molecule has 0 aliphatic rings. The van der Waals surface area contributed by atoms with Crippen molar-refractivity contribution in [1.82, 2.24) is 14.8 Å². The maximum Gasteiger partial charge on any atom is 0.127 e. The predicted octanol–water partition coefficient (Wildman–Crippen LogP) is 2.15. The number of rotatable bonds is 1. The van der Waals surface area contributed by atoms with E-state index in [1.54, 1.807) is 17.1 Å². The Morgan fingerprint density at radius 1 is 1.31 bits per heavy atom. The van der Waals surface area contributed by atoms with Crippen LogP contribution in [-0.2, 0) is 5.41 Å². The van der Waals surface area contributed by atoms with Gasteiger partial charge in [-0.25, -0.2) is 4.68 Å². The van der Waals surface area contributed by atoms with E-state index >= 15 is 0 Å². The number of nitrogens with two attached hydrogens (primary N) is 1. The normalized spacial score (nSPS) is 11.7. The Balaban J connectivity index is 2.48. The lowest BCUT2D eigenvalue weighted by Gasteiger charge is -2.14. The Bertz CT molecular complexity index is 479. The number of anilines is 1. The lowest BCUT2D eigenvalue weighted by Crippen LogP contribution is -2.12. The fourth-order valence-corrected chi connectivity index (χ4v) is 1.45. The van der Waals surface area contributed by atoms with Crippen LogP contribution in [0.2, 0.25) is 0 Å². The molecule has 0 unspecified atom stereocenters. The fourth-order valence-electron chi connectivity index (χ4n) is 1.45. The molecule has 0 fully saturated rings. The SMILES string of the molecule is CC(C)(C)c1cc(N)n(-c2cccnc2)n1. The van der Waals surface area contributed by atoms with Crippen LogP contribution in [0.1, 0.15) is 26.5 Å². The Morgan fingerprint density at radius 2 is 2.06 bits per heavy atom. The van der Waals surface area contributed by atoms with Gasteiger partial charge in [-0.15, -0.1) is 0 Å². The molecule has 0 spiro atoms. The second-order valence-electron chi connectivity index (χ2n) is 4.83. The average molecular weight is 216 g/mol. The van der Waals surface area contributed by atoms with Gasteiger partial charge in [-0.1, -0.05) is 20.8 Å². The zero-order valence-electron chi connectivity index (χ0n) is 9.81. The van der Waals surface area contributed by atoms with Crippen molar-refractivity contribution in [3.63, 3.8) is 0 Å². The molecule has 2 heterocycles. The van der Waals surface area contributed by atoms with Crippen LogP contribution in [0, 0.1) is 0 Å². The fraction of sp³-hybridized carbons (Fsp3) is 0.333. The van der Waals surface area contributed by atoms with Crippen molar-refractivity contribution in [2.45, 2.75) is 26.2 Å². The lowest BCUT2D eigenvalue weighted by atomic mass is 9.92. The second kappa shape index (κ2) is 3.63. The molecule has 0 aliphatic carbocycles. The quantitative estimate of drug-likeness (QED) is 0.794. The van der Waals surface area contributed by atoms with E-state index < -0.39 is 0 Å². The van der Waals surface area contributed by atoms with Crippen LogP contribution >= 0.6 is 0 Å². The number of hydrogen-bond acceptors (Lipinski definition) is 3. The highest BCUT2D eigenvalue weighted by Crippen LogP contribution is 2.24. The average Bonchev–Trinajstić information content (AvgIpc) is 2.61. The first kappa shape index (κ1) is 10.7. The van der Waals surface area contributed by atoms with Gasteiger partial charge in [0.05, 0.1) is 17.6 Å². The van der Waals surface area contributed by atoms with Crippen LogP contribution < -0.4 is 5.73 Å². The molecule has 0 atom stereocenters. The minimum absolute atomic E-state index is 0.00157. The standard InChI is InChI=1S/C12H16N4/c1-12(2,3)10-7-11(13)16(15-10)9-5-4-6-14-8-9/h4-8H,13H2,1-3H3. The van der Waals surface area contributed by atoms with Gasteiger partial charge in [0, 0.05) is 17.7 Å². The summed E-state index contributed by atoms with van der Waals surface area (Å²) in [4.78, 5) is 4.06. The predicted molar refractivity (Wildman–Crippen MR) is 64.5 cm³/mol. The molecule has 0 aliphatic heterocycles. The minimum Gasteiger partial charge on any atom is -0.384 e. The molecule has 2 N–H and O–H groups in total. The van der Waals surface area contributed by atoms with Crippen LogP contribution in [0.3, 0.4) is 0 Å². The second-order valence-corrected chi connectivity index (χ2v) is 4.83. The van der Waals surface area contributed by atoms with E-state index in [2.05, 4.69) is 30.9 Å². The number of hydrogen-bond donors (Lipinski definition) is 1. The number of nitrogen functional groups attached to an aromatic ring is 1. The van der Waals surface area contributed by atoms with E-state index in [0.29, 0.717) is 5.82 Å². The lowest BCUT2D eigenvalue weighted by molar-refractivity contribution is 0.560. The highest BCUT2D eigenvalue weighted by molar-refractivity contribution is 5.42. The van der Waals surface area contributed by atoms with Crippen LogP contribution in [0.5, 0.6) is 0 Å². The molecule has 0 amide bonds. The van der Waals surface area contributed by atoms with Gasteiger partial charge in [0.2, 0.25) is 0 Å². The van der Waals surface area contributed by atoms with Gasteiger partial charge in [0.1, 0.15) is 5.82 Å². The summed E-state index contributed by atoms with van der Waals surface area (Å²) in [6, 6.07) is 5.71. The summed E-state index contributed by atoms with van der Waals surface area (Å²) in [5, 5.41) is 4.50. The van der Waals surface area contributed by atoms with E-state index in [4.69, 9.17) is 5.73 Å². The zero-order chi connectivity index (χ0) is 11.8. The van der Waals surface area contributed by atoms with Crippen molar-refractivity contribution in [3.8, 4) is 5.69 Å². The highest BCUT2D eigenvalue weighted by atomic mass is 15.3. The van der Waals surface area contributed by atoms with E-state index in [1.165, 1.54) is 0 Å². The molecule has 2 rings (SSSR count). The van der Waals surface area contributed by atoms with E-state index in [1.807, 2.05) is 18.2 Å². The van der Waals surface area contributed by atoms with Crippen molar-refractivity contribution in [2.24, 2.45) is 0 Å². The zero-order valence-corrected chi connectivity index (χ0v) is 9.81. The topological polar surface area (TPSA) is 56.7 Å². The first-order valence-corrected chi connectivity index (χ1v) is 5.25. The number of aromatic nitrogens is 3. The first-order valence-electron chi connectivity index (χ1n) is 5.25. The monoisotopic (exact) mass is 216 g/mol. The number of nitrogens with zero attached hydrogens (tertiary/aromatic N) is 3. The largest absolute Gasteiger partial charge is 0.384 e. The van der Waals surface area contributed by atoms with E-state index in [9.17, 15) is 0 Å². The van der Waals surface area contributed by atoms with Crippen molar-refractivity contribution in [1.29, 1.82) is 0 Å². The summed E-state index contributed by atoms with van der Waals surface area (Å²) in [7, 11) is 0. The van der Waals surface area contributed by atoms with Gasteiger partial charge in [-0.3, -0.25) is 4.98 Å². The molecule has 4 nitrogen and oxygen atoms in total. The van der Waals surface area contributed by atoms with Crippen LogP contribution in [0.4, 0.5) is 5.82 Å². The van der Waals surface area contributed by atoms with Crippen LogP contribution in [-0.4, -0.2) is 14.8 Å². The van der Waals surface area contributed by atoms with Gasteiger partial charge in [0.15, 0.2) is 0 Å². The maximum atomic E-state index is 5.94. The van der Waals surface area contributed by atoms with Crippen molar-refractivity contribution in [2.75, 3.05) is 5.73 Å². The molecule has 0 radical (unpaired) electrons. The Hall–Kier alpha value is -1.84. The molecule has 0 saturated heterocycles. The van der Waals surface area contributed by atoms with Crippen LogP contribution in [0.25, 0.3) is 5.69 Å².